The van der Waals surface area contributed by atoms with Gasteiger partial charge in [-0.3, -0.25) is 4.98 Å². The Bertz CT molecular complexity index is 468. The largest absolute Gasteiger partial charge is 0.381 e. The van der Waals surface area contributed by atoms with Crippen molar-refractivity contribution in [3.63, 3.8) is 0 Å². The number of fused-ring (bicyclic) bond motifs is 1. The van der Waals surface area contributed by atoms with Crippen LogP contribution >= 0.6 is 0 Å². The van der Waals surface area contributed by atoms with Crippen LogP contribution < -0.4 is 0 Å². The van der Waals surface area contributed by atoms with Crippen LogP contribution in [0.4, 0.5) is 0 Å². The Balaban J connectivity index is 2.56. The first-order valence-electron chi connectivity index (χ1n) is 4.29. The van der Waals surface area contributed by atoms with E-state index in [2.05, 4.69) is 4.98 Å². The molecule has 0 fully saturated rings. The van der Waals surface area contributed by atoms with E-state index in [1.165, 1.54) is 6.20 Å². The number of aldehydes is 1. The number of aliphatic hydroxyl groups excluding tert-OH is 1. The molecule has 0 aliphatic rings. The predicted molar refractivity (Wildman–Crippen MR) is 52.8 cm³/mol. The molecule has 1 aromatic carbocycles. The maximum absolute atomic E-state index is 10.4. The van der Waals surface area contributed by atoms with Gasteiger partial charge < -0.3 is 9.90 Å². The molecular weight excluding hydrogens is 178 g/mol. The number of carbonyl (C=O) groups is 1. The Morgan fingerprint density at radius 2 is 2.14 bits per heavy atom. The van der Waals surface area contributed by atoms with Crippen molar-refractivity contribution in [2.24, 2.45) is 0 Å². The fourth-order valence-electron chi connectivity index (χ4n) is 1.33. The van der Waals surface area contributed by atoms with E-state index in [-0.39, 0.29) is 0 Å². The van der Waals surface area contributed by atoms with Crippen LogP contribution in [-0.2, 0) is 4.79 Å². The quantitative estimate of drug-likeness (QED) is 0.724. The molecule has 0 aliphatic heterocycles. The molecule has 1 unspecified atom stereocenters. The van der Waals surface area contributed by atoms with Crippen molar-refractivity contribution < 1.29 is 9.90 Å². The van der Waals surface area contributed by atoms with Gasteiger partial charge >= 0.3 is 0 Å². The summed E-state index contributed by atoms with van der Waals surface area (Å²) in [5.41, 5.74) is 1.38. The normalized spacial score (nSPS) is 12.6. The number of aromatic nitrogens is 1. The van der Waals surface area contributed by atoms with Crippen LogP contribution in [0.5, 0.6) is 0 Å². The number of pyridine rings is 1. The SMILES string of the molecule is O=CC(O)c1cnc2ccccc2c1. The molecule has 1 aromatic heterocycles. The fraction of sp³-hybridized carbons (Fsp3) is 0.0909. The van der Waals surface area contributed by atoms with Gasteiger partial charge in [0, 0.05) is 17.1 Å². The molecule has 3 nitrogen and oxygen atoms in total. The molecule has 2 aromatic rings. The smallest absolute Gasteiger partial charge is 0.153 e. The first-order chi connectivity index (χ1) is 6.81. The highest BCUT2D eigenvalue weighted by Gasteiger charge is 2.06. The molecule has 0 bridgehead atoms. The minimum absolute atomic E-state index is 0.492. The van der Waals surface area contributed by atoms with Gasteiger partial charge in [0.05, 0.1) is 5.52 Å². The van der Waals surface area contributed by atoms with Gasteiger partial charge in [-0.05, 0) is 12.1 Å². The summed E-state index contributed by atoms with van der Waals surface area (Å²) in [6, 6.07) is 9.32. The number of hydrogen-bond donors (Lipinski definition) is 1. The number of benzene rings is 1. The van der Waals surface area contributed by atoms with E-state index in [4.69, 9.17) is 0 Å². The average Bonchev–Trinajstić information content (AvgIpc) is 2.27. The second-order valence-electron chi connectivity index (χ2n) is 3.04. The molecule has 0 aliphatic carbocycles. The van der Waals surface area contributed by atoms with Gasteiger partial charge in [-0.15, -0.1) is 0 Å². The molecule has 0 amide bonds. The van der Waals surface area contributed by atoms with Crippen molar-refractivity contribution >= 4 is 17.2 Å². The van der Waals surface area contributed by atoms with Gasteiger partial charge in [-0.2, -0.15) is 0 Å². The van der Waals surface area contributed by atoms with Crippen molar-refractivity contribution in [2.45, 2.75) is 6.10 Å². The zero-order chi connectivity index (χ0) is 9.97. The second-order valence-corrected chi connectivity index (χ2v) is 3.04. The Hall–Kier alpha value is -1.74. The number of carbonyl (C=O) groups excluding carboxylic acids is 1. The summed E-state index contributed by atoms with van der Waals surface area (Å²) in [5, 5.41) is 10.2. The highest BCUT2D eigenvalue weighted by atomic mass is 16.3. The third-order valence-electron chi connectivity index (χ3n) is 2.08. The Morgan fingerprint density at radius 3 is 2.93 bits per heavy atom. The Labute approximate surface area is 81.0 Å². The van der Waals surface area contributed by atoms with E-state index in [9.17, 15) is 9.90 Å². The standard InChI is InChI=1S/C11H9NO2/c13-7-11(14)9-5-8-3-1-2-4-10(8)12-6-9/h1-7,11,14H. The molecule has 1 heterocycles. The van der Waals surface area contributed by atoms with Gasteiger partial charge in [0.25, 0.3) is 0 Å². The monoisotopic (exact) mass is 187 g/mol. The first kappa shape index (κ1) is 8.84. The van der Waals surface area contributed by atoms with E-state index in [0.717, 1.165) is 10.9 Å². The lowest BCUT2D eigenvalue weighted by molar-refractivity contribution is -0.115. The lowest BCUT2D eigenvalue weighted by atomic mass is 10.1. The fourth-order valence-corrected chi connectivity index (χ4v) is 1.33. The molecule has 0 saturated carbocycles. The molecular formula is C11H9NO2. The summed E-state index contributed by atoms with van der Waals surface area (Å²) in [7, 11) is 0. The summed E-state index contributed by atoms with van der Waals surface area (Å²) < 4.78 is 0. The zero-order valence-electron chi connectivity index (χ0n) is 7.42. The van der Waals surface area contributed by atoms with E-state index in [1.807, 2.05) is 24.3 Å². The van der Waals surface area contributed by atoms with Crippen LogP contribution in [0.25, 0.3) is 10.9 Å². The molecule has 3 heteroatoms. The lowest BCUT2D eigenvalue weighted by Crippen LogP contribution is -1.98. The summed E-state index contributed by atoms with van der Waals surface area (Å²) in [6.45, 7) is 0. The molecule has 14 heavy (non-hydrogen) atoms. The molecule has 2 rings (SSSR count). The van der Waals surface area contributed by atoms with Crippen LogP contribution in [0.2, 0.25) is 0 Å². The van der Waals surface area contributed by atoms with Gasteiger partial charge in [0.1, 0.15) is 6.10 Å². The van der Waals surface area contributed by atoms with Crippen LogP contribution in [-0.4, -0.2) is 16.4 Å². The number of rotatable bonds is 2. The van der Waals surface area contributed by atoms with Crippen molar-refractivity contribution in [1.82, 2.24) is 4.98 Å². The molecule has 0 saturated heterocycles. The maximum Gasteiger partial charge on any atom is 0.153 e. The summed E-state index contributed by atoms with van der Waals surface area (Å²) in [6.07, 6.45) is 0.930. The van der Waals surface area contributed by atoms with Crippen molar-refractivity contribution in [3.8, 4) is 0 Å². The van der Waals surface area contributed by atoms with E-state index < -0.39 is 6.10 Å². The Morgan fingerprint density at radius 1 is 1.36 bits per heavy atom. The highest BCUT2D eigenvalue weighted by molar-refractivity contribution is 5.79. The van der Waals surface area contributed by atoms with Crippen LogP contribution in [0.3, 0.4) is 0 Å². The van der Waals surface area contributed by atoms with Crippen LogP contribution in [0.1, 0.15) is 11.7 Å². The third-order valence-corrected chi connectivity index (χ3v) is 2.08. The van der Waals surface area contributed by atoms with Gasteiger partial charge in [0.15, 0.2) is 6.29 Å². The Kier molecular flexibility index (Phi) is 2.24. The number of nitrogens with zero attached hydrogens (tertiary/aromatic N) is 1. The first-order valence-corrected chi connectivity index (χ1v) is 4.29. The summed E-state index contributed by atoms with van der Waals surface area (Å²) in [4.78, 5) is 14.5. The minimum Gasteiger partial charge on any atom is -0.381 e. The number of para-hydroxylation sites is 1. The summed E-state index contributed by atoms with van der Waals surface area (Å²) in [5.74, 6) is 0. The lowest BCUT2D eigenvalue weighted by Gasteiger charge is -2.03. The van der Waals surface area contributed by atoms with Crippen molar-refractivity contribution in [3.05, 3.63) is 42.1 Å². The van der Waals surface area contributed by atoms with Gasteiger partial charge in [-0.25, -0.2) is 0 Å². The highest BCUT2D eigenvalue weighted by Crippen LogP contribution is 2.16. The number of hydrogen-bond acceptors (Lipinski definition) is 3. The average molecular weight is 187 g/mol. The van der Waals surface area contributed by atoms with Crippen LogP contribution in [0, 0.1) is 0 Å². The second kappa shape index (κ2) is 3.55. The molecule has 1 N–H and O–H groups in total. The molecule has 0 radical (unpaired) electrons. The van der Waals surface area contributed by atoms with E-state index >= 15 is 0 Å². The summed E-state index contributed by atoms with van der Waals surface area (Å²) >= 11 is 0. The third kappa shape index (κ3) is 1.49. The zero-order valence-corrected chi connectivity index (χ0v) is 7.42. The van der Waals surface area contributed by atoms with Gasteiger partial charge in [-0.1, -0.05) is 18.2 Å². The molecule has 70 valence electrons. The van der Waals surface area contributed by atoms with E-state index in [0.29, 0.717) is 11.8 Å². The number of aliphatic hydroxyl groups is 1. The molecule has 0 spiro atoms. The van der Waals surface area contributed by atoms with Crippen molar-refractivity contribution in [1.29, 1.82) is 0 Å². The molecule has 1 atom stereocenters. The maximum atomic E-state index is 10.4. The predicted octanol–water partition coefficient (Wildman–Crippen LogP) is 1.47. The van der Waals surface area contributed by atoms with Crippen molar-refractivity contribution in [2.75, 3.05) is 0 Å². The van der Waals surface area contributed by atoms with Gasteiger partial charge in [0.2, 0.25) is 0 Å². The van der Waals surface area contributed by atoms with E-state index in [1.54, 1.807) is 6.07 Å². The minimum atomic E-state index is -1.08. The topological polar surface area (TPSA) is 50.2 Å². The van der Waals surface area contributed by atoms with Crippen LogP contribution in [0.15, 0.2) is 36.5 Å².